The van der Waals surface area contributed by atoms with E-state index < -0.39 is 9.84 Å². The lowest BCUT2D eigenvalue weighted by molar-refractivity contribution is 0.601. The van der Waals surface area contributed by atoms with E-state index in [0.29, 0.717) is 0 Å². The van der Waals surface area contributed by atoms with Gasteiger partial charge in [0.2, 0.25) is 0 Å². The Kier molecular flexibility index (Phi) is 4.33. The minimum absolute atomic E-state index is 0.0237. The molecular weight excluding hydrogens is 396 g/mol. The molecule has 0 unspecified atom stereocenters. The van der Waals surface area contributed by atoms with Gasteiger partial charge in [0.15, 0.2) is 9.84 Å². The van der Waals surface area contributed by atoms with E-state index in [1.54, 1.807) is 12.4 Å². The van der Waals surface area contributed by atoms with Crippen molar-refractivity contribution >= 4 is 31.6 Å². The molecule has 0 atom stereocenters. The highest BCUT2D eigenvalue weighted by molar-refractivity contribution is 7.89. The minimum atomic E-state index is -3.07. The second-order valence-corrected chi connectivity index (χ2v) is 9.50. The van der Waals surface area contributed by atoms with Gasteiger partial charge < -0.3 is 0 Å². The summed E-state index contributed by atoms with van der Waals surface area (Å²) in [4.78, 5) is 8.77. The first-order valence-corrected chi connectivity index (χ1v) is 11.5. The molecule has 6 nitrogen and oxygen atoms in total. The number of H-pyrrole nitrogens is 1. The van der Waals surface area contributed by atoms with Gasteiger partial charge in [-0.15, -0.1) is 0 Å². The Balaban J connectivity index is 1.67. The summed E-state index contributed by atoms with van der Waals surface area (Å²) in [6, 6.07) is 17.6. The number of rotatable bonds is 4. The Morgan fingerprint density at radius 1 is 0.933 bits per heavy atom. The molecule has 0 aliphatic carbocycles. The van der Waals surface area contributed by atoms with Gasteiger partial charge in [0.1, 0.15) is 5.69 Å². The monoisotopic (exact) mass is 414 g/mol. The fourth-order valence-electron chi connectivity index (χ4n) is 3.69. The van der Waals surface area contributed by atoms with Crippen LogP contribution < -0.4 is 0 Å². The second-order valence-electron chi connectivity index (χ2n) is 7.36. The maximum absolute atomic E-state index is 11.6. The first-order chi connectivity index (χ1) is 14.5. The van der Waals surface area contributed by atoms with E-state index in [2.05, 4.69) is 26.2 Å². The average molecular weight is 414 g/mol. The van der Waals surface area contributed by atoms with Crippen molar-refractivity contribution in [3.63, 3.8) is 0 Å². The predicted octanol–water partition coefficient (Wildman–Crippen LogP) is 4.38. The topological polar surface area (TPSA) is 88.6 Å². The SMILES string of the molecule is CS(=O)(=O)Cc1ccc(-c2n[nH]c3cnc4ccc(-c5cccnc5)cc4c23)cc1. The summed E-state index contributed by atoms with van der Waals surface area (Å²) in [5.41, 5.74) is 6.30. The van der Waals surface area contributed by atoms with Crippen molar-refractivity contribution in [3.8, 4) is 22.4 Å². The maximum atomic E-state index is 11.6. The van der Waals surface area contributed by atoms with E-state index >= 15 is 0 Å². The van der Waals surface area contributed by atoms with Crippen molar-refractivity contribution in [3.05, 3.63) is 78.8 Å². The zero-order chi connectivity index (χ0) is 20.7. The molecule has 0 spiro atoms. The van der Waals surface area contributed by atoms with Gasteiger partial charge in [-0.1, -0.05) is 36.4 Å². The number of aromatic nitrogens is 4. The Labute approximate surface area is 173 Å². The zero-order valence-electron chi connectivity index (χ0n) is 16.2. The molecule has 2 aromatic carbocycles. The molecule has 0 saturated heterocycles. The average Bonchev–Trinajstić information content (AvgIpc) is 3.18. The Hall–Kier alpha value is -3.58. The quantitative estimate of drug-likeness (QED) is 0.471. The summed E-state index contributed by atoms with van der Waals surface area (Å²) in [7, 11) is -3.07. The van der Waals surface area contributed by atoms with Crippen molar-refractivity contribution < 1.29 is 8.42 Å². The highest BCUT2D eigenvalue weighted by Gasteiger charge is 2.14. The van der Waals surface area contributed by atoms with E-state index in [0.717, 1.165) is 49.8 Å². The Morgan fingerprint density at radius 2 is 1.73 bits per heavy atom. The van der Waals surface area contributed by atoms with Gasteiger partial charge in [-0.3, -0.25) is 15.1 Å². The molecule has 148 valence electrons. The number of hydrogen-bond donors (Lipinski definition) is 1. The molecule has 5 rings (SSSR count). The van der Waals surface area contributed by atoms with Gasteiger partial charge in [-0.25, -0.2) is 8.42 Å². The normalized spacial score (nSPS) is 11.9. The highest BCUT2D eigenvalue weighted by Crippen LogP contribution is 2.34. The summed E-state index contributed by atoms with van der Waals surface area (Å²) in [6.07, 6.45) is 6.62. The first kappa shape index (κ1) is 18.4. The molecule has 5 aromatic rings. The van der Waals surface area contributed by atoms with Gasteiger partial charge in [0.25, 0.3) is 0 Å². The molecule has 1 N–H and O–H groups in total. The molecule has 3 heterocycles. The smallest absolute Gasteiger partial charge is 0.151 e. The summed E-state index contributed by atoms with van der Waals surface area (Å²) >= 11 is 0. The molecule has 0 radical (unpaired) electrons. The molecule has 0 aliphatic rings. The van der Waals surface area contributed by atoms with E-state index in [9.17, 15) is 8.42 Å². The van der Waals surface area contributed by atoms with Crippen LogP contribution in [0.5, 0.6) is 0 Å². The van der Waals surface area contributed by atoms with Gasteiger partial charge in [-0.2, -0.15) is 5.10 Å². The zero-order valence-corrected chi connectivity index (χ0v) is 17.0. The van der Waals surface area contributed by atoms with Crippen LogP contribution in [-0.4, -0.2) is 34.8 Å². The number of hydrogen-bond acceptors (Lipinski definition) is 5. The predicted molar refractivity (Wildman–Crippen MR) is 119 cm³/mol. The third kappa shape index (κ3) is 3.44. The number of nitrogens with zero attached hydrogens (tertiary/aromatic N) is 3. The molecule has 30 heavy (non-hydrogen) atoms. The fourth-order valence-corrected chi connectivity index (χ4v) is 4.49. The lowest BCUT2D eigenvalue weighted by Crippen LogP contribution is -2.00. The number of aromatic amines is 1. The van der Waals surface area contributed by atoms with E-state index in [1.165, 1.54) is 6.26 Å². The molecule has 3 aromatic heterocycles. The van der Waals surface area contributed by atoms with Crippen LogP contribution in [0, 0.1) is 0 Å². The number of nitrogens with one attached hydrogen (secondary N) is 1. The van der Waals surface area contributed by atoms with Crippen LogP contribution in [0.4, 0.5) is 0 Å². The van der Waals surface area contributed by atoms with Crippen molar-refractivity contribution in [1.82, 2.24) is 20.2 Å². The lowest BCUT2D eigenvalue weighted by atomic mass is 10.00. The van der Waals surface area contributed by atoms with Gasteiger partial charge >= 0.3 is 0 Å². The summed E-state index contributed by atoms with van der Waals surface area (Å²) in [6.45, 7) is 0. The van der Waals surface area contributed by atoms with Crippen LogP contribution in [0.3, 0.4) is 0 Å². The van der Waals surface area contributed by atoms with E-state index in [1.807, 2.05) is 54.7 Å². The van der Waals surface area contributed by atoms with Crippen molar-refractivity contribution in [2.45, 2.75) is 5.75 Å². The van der Waals surface area contributed by atoms with Crippen LogP contribution in [0.2, 0.25) is 0 Å². The molecule has 0 saturated carbocycles. The van der Waals surface area contributed by atoms with Crippen molar-refractivity contribution in [1.29, 1.82) is 0 Å². The second kappa shape index (κ2) is 7.03. The maximum Gasteiger partial charge on any atom is 0.151 e. The summed E-state index contributed by atoms with van der Waals surface area (Å²) in [5, 5.41) is 9.58. The van der Waals surface area contributed by atoms with Crippen LogP contribution in [0.15, 0.2) is 73.2 Å². The van der Waals surface area contributed by atoms with Crippen LogP contribution >= 0.6 is 0 Å². The number of fused-ring (bicyclic) bond motifs is 3. The largest absolute Gasteiger partial charge is 0.276 e. The fraction of sp³-hybridized carbons (Fsp3) is 0.0870. The molecule has 0 bridgehead atoms. The van der Waals surface area contributed by atoms with E-state index in [4.69, 9.17) is 0 Å². The third-order valence-electron chi connectivity index (χ3n) is 5.04. The summed E-state index contributed by atoms with van der Waals surface area (Å²) < 4.78 is 23.1. The van der Waals surface area contributed by atoms with Crippen LogP contribution in [-0.2, 0) is 15.6 Å². The molecular formula is C23H18N4O2S. The molecule has 0 aliphatic heterocycles. The molecule has 0 fully saturated rings. The van der Waals surface area contributed by atoms with Crippen LogP contribution in [0.25, 0.3) is 44.2 Å². The molecule has 0 amide bonds. The first-order valence-electron chi connectivity index (χ1n) is 9.42. The van der Waals surface area contributed by atoms with E-state index in [-0.39, 0.29) is 5.75 Å². The standard InChI is InChI=1S/C23H18N4O2S/c1-30(28,29)14-15-4-6-16(7-5-15)23-22-19-11-17(18-3-2-10-24-12-18)8-9-20(19)25-13-21(22)26-27-23/h2-13H,14H2,1H3,(H,26,27). The van der Waals surface area contributed by atoms with Crippen molar-refractivity contribution in [2.75, 3.05) is 6.26 Å². The van der Waals surface area contributed by atoms with Crippen LogP contribution in [0.1, 0.15) is 5.56 Å². The number of benzene rings is 2. The van der Waals surface area contributed by atoms with Gasteiger partial charge in [-0.05, 0) is 29.3 Å². The third-order valence-corrected chi connectivity index (χ3v) is 5.90. The highest BCUT2D eigenvalue weighted by atomic mass is 32.2. The minimum Gasteiger partial charge on any atom is -0.276 e. The van der Waals surface area contributed by atoms with Crippen molar-refractivity contribution in [2.24, 2.45) is 0 Å². The lowest BCUT2D eigenvalue weighted by Gasteiger charge is -2.06. The number of sulfone groups is 1. The summed E-state index contributed by atoms with van der Waals surface area (Å²) in [5.74, 6) is 0.0237. The molecule has 7 heteroatoms. The Bertz CT molecular complexity index is 1480. The Morgan fingerprint density at radius 3 is 2.47 bits per heavy atom. The van der Waals surface area contributed by atoms with Gasteiger partial charge in [0, 0.05) is 40.5 Å². The van der Waals surface area contributed by atoms with Gasteiger partial charge in [0.05, 0.1) is 23.0 Å². The number of pyridine rings is 2.